The Hall–Kier alpha value is -0.870. The van der Waals surface area contributed by atoms with Crippen molar-refractivity contribution in [3.05, 3.63) is 34.9 Å². The SMILES string of the molecule is Cc1cccc2c1CCN(CCS(C)(=O)=O)C2. The maximum absolute atomic E-state index is 11.1. The summed E-state index contributed by atoms with van der Waals surface area (Å²) in [5, 5.41) is 0. The summed E-state index contributed by atoms with van der Waals surface area (Å²) < 4.78 is 22.3. The molecular weight excluding hydrogens is 234 g/mol. The van der Waals surface area contributed by atoms with E-state index in [1.165, 1.54) is 22.9 Å². The molecule has 4 heteroatoms. The van der Waals surface area contributed by atoms with Gasteiger partial charge in [-0.3, -0.25) is 4.90 Å². The average Bonchev–Trinajstić information content (AvgIpc) is 2.26. The first kappa shape index (κ1) is 12.6. The van der Waals surface area contributed by atoms with Gasteiger partial charge in [-0.1, -0.05) is 18.2 Å². The van der Waals surface area contributed by atoms with Gasteiger partial charge in [-0.05, 0) is 30.0 Å². The molecule has 3 nitrogen and oxygen atoms in total. The Morgan fingerprint density at radius 2 is 2.12 bits per heavy atom. The Labute approximate surface area is 103 Å². The third-order valence-corrected chi connectivity index (χ3v) is 4.28. The van der Waals surface area contributed by atoms with E-state index in [0.29, 0.717) is 6.54 Å². The molecule has 94 valence electrons. The second-order valence-corrected chi connectivity index (χ2v) is 7.13. The van der Waals surface area contributed by atoms with Gasteiger partial charge < -0.3 is 0 Å². The molecule has 0 aromatic heterocycles. The molecule has 0 spiro atoms. The second-order valence-electron chi connectivity index (χ2n) is 4.87. The van der Waals surface area contributed by atoms with Crippen LogP contribution in [0, 0.1) is 6.92 Å². The second kappa shape index (κ2) is 4.78. The lowest BCUT2D eigenvalue weighted by Crippen LogP contribution is -2.34. The van der Waals surface area contributed by atoms with E-state index in [-0.39, 0.29) is 5.75 Å². The fraction of sp³-hybridized carbons (Fsp3) is 0.538. The number of nitrogens with zero attached hydrogens (tertiary/aromatic N) is 1. The highest BCUT2D eigenvalue weighted by Gasteiger charge is 2.18. The van der Waals surface area contributed by atoms with Crippen LogP contribution in [0.25, 0.3) is 0 Å². The van der Waals surface area contributed by atoms with E-state index >= 15 is 0 Å². The average molecular weight is 253 g/mol. The summed E-state index contributed by atoms with van der Waals surface area (Å²) >= 11 is 0. The van der Waals surface area contributed by atoms with E-state index in [1.807, 2.05) is 0 Å². The minimum atomic E-state index is -2.85. The van der Waals surface area contributed by atoms with Crippen molar-refractivity contribution in [1.82, 2.24) is 4.90 Å². The van der Waals surface area contributed by atoms with Crippen molar-refractivity contribution in [3.8, 4) is 0 Å². The van der Waals surface area contributed by atoms with Crippen molar-refractivity contribution < 1.29 is 8.42 Å². The smallest absolute Gasteiger partial charge is 0.148 e. The Kier molecular flexibility index (Phi) is 3.54. The van der Waals surface area contributed by atoms with E-state index in [0.717, 1.165) is 19.5 Å². The van der Waals surface area contributed by atoms with Gasteiger partial charge in [0.1, 0.15) is 9.84 Å². The van der Waals surface area contributed by atoms with Crippen LogP contribution >= 0.6 is 0 Å². The molecule has 1 aromatic rings. The van der Waals surface area contributed by atoms with Gasteiger partial charge in [0.2, 0.25) is 0 Å². The van der Waals surface area contributed by atoms with Crippen molar-refractivity contribution in [2.24, 2.45) is 0 Å². The highest BCUT2D eigenvalue weighted by molar-refractivity contribution is 7.90. The minimum Gasteiger partial charge on any atom is -0.298 e. The zero-order valence-electron chi connectivity index (χ0n) is 10.4. The first-order valence-corrected chi connectivity index (χ1v) is 7.99. The van der Waals surface area contributed by atoms with E-state index < -0.39 is 9.84 Å². The van der Waals surface area contributed by atoms with Crippen LogP contribution in [0.4, 0.5) is 0 Å². The quantitative estimate of drug-likeness (QED) is 0.817. The van der Waals surface area contributed by atoms with Gasteiger partial charge in [0.25, 0.3) is 0 Å². The molecule has 1 aliphatic rings. The lowest BCUT2D eigenvalue weighted by molar-refractivity contribution is 0.268. The maximum Gasteiger partial charge on any atom is 0.148 e. The van der Waals surface area contributed by atoms with Gasteiger partial charge in [-0.2, -0.15) is 0 Å². The molecule has 1 aromatic carbocycles. The highest BCUT2D eigenvalue weighted by atomic mass is 32.2. The van der Waals surface area contributed by atoms with E-state index in [4.69, 9.17) is 0 Å². The number of sulfone groups is 1. The molecule has 0 radical (unpaired) electrons. The molecular formula is C13H19NO2S. The molecule has 2 rings (SSSR count). The van der Waals surface area contributed by atoms with E-state index in [1.54, 1.807) is 0 Å². The van der Waals surface area contributed by atoms with Gasteiger partial charge in [0.05, 0.1) is 5.75 Å². The molecule has 0 atom stereocenters. The van der Waals surface area contributed by atoms with Crippen LogP contribution in [0.3, 0.4) is 0 Å². The summed E-state index contributed by atoms with van der Waals surface area (Å²) in [6, 6.07) is 6.37. The van der Waals surface area contributed by atoms with E-state index in [2.05, 4.69) is 30.0 Å². The van der Waals surface area contributed by atoms with Crippen LogP contribution in [-0.2, 0) is 22.8 Å². The number of rotatable bonds is 3. The monoisotopic (exact) mass is 253 g/mol. The fourth-order valence-corrected chi connectivity index (χ4v) is 2.93. The topological polar surface area (TPSA) is 37.4 Å². The number of aryl methyl sites for hydroxylation is 1. The van der Waals surface area contributed by atoms with Gasteiger partial charge in [0.15, 0.2) is 0 Å². The van der Waals surface area contributed by atoms with Gasteiger partial charge >= 0.3 is 0 Å². The molecule has 0 N–H and O–H groups in total. The first-order valence-electron chi connectivity index (χ1n) is 5.93. The summed E-state index contributed by atoms with van der Waals surface area (Å²) in [6.07, 6.45) is 2.33. The molecule has 17 heavy (non-hydrogen) atoms. The molecule has 0 aliphatic carbocycles. The molecule has 0 saturated carbocycles. The van der Waals surface area contributed by atoms with Crippen molar-refractivity contribution in [1.29, 1.82) is 0 Å². The van der Waals surface area contributed by atoms with Gasteiger partial charge in [0, 0.05) is 25.9 Å². The summed E-state index contributed by atoms with van der Waals surface area (Å²) in [6.45, 7) is 4.64. The van der Waals surface area contributed by atoms with Crippen LogP contribution in [0.15, 0.2) is 18.2 Å². The Morgan fingerprint density at radius 3 is 2.82 bits per heavy atom. The lowest BCUT2D eigenvalue weighted by atomic mass is 9.95. The summed E-state index contributed by atoms with van der Waals surface area (Å²) in [4.78, 5) is 2.23. The number of fused-ring (bicyclic) bond motifs is 1. The standard InChI is InChI=1S/C13H19NO2S/c1-11-4-3-5-12-10-14(7-6-13(11)12)8-9-17(2,15)16/h3-5H,6-10H2,1-2H3. The van der Waals surface area contributed by atoms with E-state index in [9.17, 15) is 8.42 Å². The zero-order chi connectivity index (χ0) is 12.5. The molecule has 1 aliphatic heterocycles. The fourth-order valence-electron chi connectivity index (χ4n) is 2.34. The van der Waals surface area contributed by atoms with Crippen molar-refractivity contribution in [3.63, 3.8) is 0 Å². The third kappa shape index (κ3) is 3.30. The van der Waals surface area contributed by atoms with Crippen molar-refractivity contribution in [2.75, 3.05) is 25.1 Å². The van der Waals surface area contributed by atoms with Crippen LogP contribution in [-0.4, -0.2) is 38.4 Å². The first-order chi connectivity index (χ1) is 7.96. The van der Waals surface area contributed by atoms with Crippen molar-refractivity contribution >= 4 is 9.84 Å². The molecule has 1 heterocycles. The van der Waals surface area contributed by atoms with Crippen LogP contribution < -0.4 is 0 Å². The lowest BCUT2D eigenvalue weighted by Gasteiger charge is -2.29. The largest absolute Gasteiger partial charge is 0.298 e. The number of hydrogen-bond acceptors (Lipinski definition) is 3. The van der Waals surface area contributed by atoms with Crippen molar-refractivity contribution in [2.45, 2.75) is 19.9 Å². The Bertz CT molecular complexity index is 508. The maximum atomic E-state index is 11.1. The summed E-state index contributed by atoms with van der Waals surface area (Å²) in [7, 11) is -2.85. The molecule has 0 unspecified atom stereocenters. The predicted molar refractivity (Wildman–Crippen MR) is 69.9 cm³/mol. The molecule has 0 fully saturated rings. The zero-order valence-corrected chi connectivity index (χ0v) is 11.3. The van der Waals surface area contributed by atoms with Gasteiger partial charge in [-0.25, -0.2) is 8.42 Å². The molecule has 0 bridgehead atoms. The minimum absolute atomic E-state index is 0.258. The highest BCUT2D eigenvalue weighted by Crippen LogP contribution is 2.21. The summed E-state index contributed by atoms with van der Waals surface area (Å²) in [5.74, 6) is 0.258. The van der Waals surface area contributed by atoms with Crippen LogP contribution in [0.2, 0.25) is 0 Å². The van der Waals surface area contributed by atoms with Gasteiger partial charge in [-0.15, -0.1) is 0 Å². The third-order valence-electron chi connectivity index (χ3n) is 3.36. The molecule has 0 saturated heterocycles. The summed E-state index contributed by atoms with van der Waals surface area (Å²) in [5.41, 5.74) is 4.15. The Balaban J connectivity index is 2.04. The van der Waals surface area contributed by atoms with Crippen LogP contribution in [0.5, 0.6) is 0 Å². The van der Waals surface area contributed by atoms with Crippen LogP contribution in [0.1, 0.15) is 16.7 Å². The Morgan fingerprint density at radius 1 is 1.35 bits per heavy atom. The molecule has 0 amide bonds. The number of hydrogen-bond donors (Lipinski definition) is 0. The normalized spacial score (nSPS) is 16.8. The number of benzene rings is 1. The predicted octanol–water partition coefficient (Wildman–Crippen LogP) is 1.40.